The number of carboxylic acid groups (broad SMARTS) is 1. The molecule has 12 heteroatoms. The van der Waals surface area contributed by atoms with Crippen molar-refractivity contribution in [3.05, 3.63) is 36.0 Å². The second kappa shape index (κ2) is 11.2. The molecule has 0 aliphatic heterocycles. The topological polar surface area (TPSA) is 207 Å². The summed E-state index contributed by atoms with van der Waals surface area (Å²) >= 11 is 0. The summed E-state index contributed by atoms with van der Waals surface area (Å²) in [6.45, 7) is -0.0938. The molecule has 12 nitrogen and oxygen atoms in total. The van der Waals surface area contributed by atoms with Crippen LogP contribution in [-0.4, -0.2) is 81.4 Å². The highest BCUT2D eigenvalue weighted by Crippen LogP contribution is 2.19. The Labute approximate surface area is 183 Å². The average molecular weight is 449 g/mol. The van der Waals surface area contributed by atoms with E-state index in [0.717, 1.165) is 10.9 Å². The molecule has 0 radical (unpaired) electrons. The highest BCUT2D eigenvalue weighted by atomic mass is 16.4. The van der Waals surface area contributed by atoms with Gasteiger partial charge in [-0.1, -0.05) is 18.2 Å². The highest BCUT2D eigenvalue weighted by molar-refractivity contribution is 5.94. The Kier molecular flexibility index (Phi) is 8.70. The molecule has 0 aliphatic rings. The molecule has 2 rings (SSSR count). The van der Waals surface area contributed by atoms with Crippen LogP contribution in [0.1, 0.15) is 12.5 Å². The van der Waals surface area contributed by atoms with Gasteiger partial charge < -0.3 is 42.0 Å². The number of hydrogen-bond acceptors (Lipinski definition) is 7. The van der Waals surface area contributed by atoms with Crippen molar-refractivity contribution >= 4 is 34.6 Å². The second-order valence-corrected chi connectivity index (χ2v) is 7.23. The molecule has 0 spiro atoms. The van der Waals surface area contributed by atoms with E-state index in [1.165, 1.54) is 6.92 Å². The predicted octanol–water partition coefficient (Wildman–Crippen LogP) is -2.42. The number of carboxylic acids is 1. The van der Waals surface area contributed by atoms with Gasteiger partial charge in [-0.05, 0) is 18.6 Å². The number of aromatic nitrogens is 1. The number of carbonyl (C=O) groups excluding carboxylic acids is 3. The third-order valence-corrected chi connectivity index (χ3v) is 4.81. The number of H-pyrrole nitrogens is 1. The summed E-state index contributed by atoms with van der Waals surface area (Å²) < 4.78 is 0. The minimum Gasteiger partial charge on any atom is -0.480 e. The first-order valence-electron chi connectivity index (χ1n) is 9.84. The molecule has 1 heterocycles. The molecule has 4 atom stereocenters. The smallest absolute Gasteiger partial charge is 0.326 e. The summed E-state index contributed by atoms with van der Waals surface area (Å²) in [6, 6.07) is 2.18. The number of nitrogens with one attached hydrogen (secondary N) is 4. The molecule has 2 aromatic rings. The van der Waals surface area contributed by atoms with Gasteiger partial charge in [0.2, 0.25) is 17.7 Å². The molecule has 32 heavy (non-hydrogen) atoms. The van der Waals surface area contributed by atoms with Crippen LogP contribution < -0.4 is 21.7 Å². The van der Waals surface area contributed by atoms with Gasteiger partial charge in [-0.2, -0.15) is 0 Å². The molecule has 9 N–H and O–H groups in total. The number of para-hydroxylation sites is 1. The van der Waals surface area contributed by atoms with E-state index in [-0.39, 0.29) is 6.42 Å². The lowest BCUT2D eigenvalue weighted by molar-refractivity contribution is -0.142. The number of carbonyl (C=O) groups is 4. The van der Waals surface area contributed by atoms with Crippen molar-refractivity contribution < 1.29 is 34.5 Å². The number of aliphatic hydroxyl groups is 2. The number of fused-ring (bicyclic) bond motifs is 1. The van der Waals surface area contributed by atoms with E-state index in [0.29, 0.717) is 5.56 Å². The summed E-state index contributed by atoms with van der Waals surface area (Å²) in [5.74, 6) is -3.77. The molecular formula is C20H27N5O7. The van der Waals surface area contributed by atoms with Crippen LogP contribution in [-0.2, 0) is 25.6 Å². The van der Waals surface area contributed by atoms with E-state index < -0.39 is 61.1 Å². The fraction of sp³-hybridized carbons (Fsp3) is 0.400. The molecule has 174 valence electrons. The van der Waals surface area contributed by atoms with Crippen LogP contribution in [0, 0.1) is 0 Å². The number of rotatable bonds is 11. The maximum Gasteiger partial charge on any atom is 0.326 e. The van der Waals surface area contributed by atoms with Crippen molar-refractivity contribution in [1.82, 2.24) is 20.9 Å². The van der Waals surface area contributed by atoms with Crippen LogP contribution >= 0.6 is 0 Å². The van der Waals surface area contributed by atoms with Gasteiger partial charge in [0.25, 0.3) is 0 Å². The van der Waals surface area contributed by atoms with Gasteiger partial charge in [-0.25, -0.2) is 4.79 Å². The molecule has 0 bridgehead atoms. The number of nitrogens with two attached hydrogens (primary N) is 1. The molecule has 0 saturated carbocycles. The van der Waals surface area contributed by atoms with E-state index in [1.54, 1.807) is 12.3 Å². The van der Waals surface area contributed by atoms with Gasteiger partial charge in [-0.15, -0.1) is 0 Å². The molecule has 1 aromatic heterocycles. The zero-order valence-corrected chi connectivity index (χ0v) is 17.4. The van der Waals surface area contributed by atoms with Crippen molar-refractivity contribution in [3.63, 3.8) is 0 Å². The lowest BCUT2D eigenvalue weighted by Gasteiger charge is -2.22. The molecule has 3 amide bonds. The normalized spacial score (nSPS) is 14.8. The lowest BCUT2D eigenvalue weighted by atomic mass is 10.0. The molecule has 0 fully saturated rings. The second-order valence-electron chi connectivity index (χ2n) is 7.23. The summed E-state index contributed by atoms with van der Waals surface area (Å²) in [5.41, 5.74) is 6.85. The summed E-state index contributed by atoms with van der Waals surface area (Å²) in [7, 11) is 0. The maximum absolute atomic E-state index is 12.5. The Hall–Kier alpha value is -3.48. The van der Waals surface area contributed by atoms with Gasteiger partial charge in [0.05, 0.1) is 13.2 Å². The van der Waals surface area contributed by atoms with Crippen molar-refractivity contribution in [2.45, 2.75) is 37.5 Å². The van der Waals surface area contributed by atoms with E-state index in [2.05, 4.69) is 20.9 Å². The Morgan fingerprint density at radius 1 is 0.969 bits per heavy atom. The van der Waals surface area contributed by atoms with Crippen LogP contribution in [0.2, 0.25) is 0 Å². The summed E-state index contributed by atoms with van der Waals surface area (Å²) in [5, 5.41) is 35.6. The van der Waals surface area contributed by atoms with Crippen molar-refractivity contribution in [2.24, 2.45) is 5.73 Å². The number of benzene rings is 1. The number of aromatic amines is 1. The monoisotopic (exact) mass is 449 g/mol. The molecule has 0 saturated heterocycles. The molecule has 1 aromatic carbocycles. The Bertz CT molecular complexity index is 976. The van der Waals surface area contributed by atoms with Crippen LogP contribution in [0.25, 0.3) is 10.9 Å². The minimum absolute atomic E-state index is 0.0251. The van der Waals surface area contributed by atoms with E-state index >= 15 is 0 Å². The van der Waals surface area contributed by atoms with Gasteiger partial charge in [0.15, 0.2) is 0 Å². The summed E-state index contributed by atoms with van der Waals surface area (Å²) in [6.07, 6.45) is 1.63. The van der Waals surface area contributed by atoms with Gasteiger partial charge >= 0.3 is 5.97 Å². The SMILES string of the molecule is CC(NC(=O)C(N)CO)C(=O)NC(CO)C(=O)NC(Cc1c[nH]c2ccccc12)C(=O)O. The zero-order chi connectivity index (χ0) is 23.8. The molecule has 4 unspecified atom stereocenters. The number of aliphatic carboxylic acids is 1. The zero-order valence-electron chi connectivity index (χ0n) is 17.4. The van der Waals surface area contributed by atoms with Crippen LogP contribution in [0.5, 0.6) is 0 Å². The third kappa shape index (κ3) is 6.26. The number of aliphatic hydroxyl groups excluding tert-OH is 2. The van der Waals surface area contributed by atoms with Gasteiger partial charge in [0, 0.05) is 23.5 Å². The lowest BCUT2D eigenvalue weighted by Crippen LogP contribution is -2.57. The highest BCUT2D eigenvalue weighted by Gasteiger charge is 2.29. The standard InChI is InChI=1S/C20H27N5O7/c1-10(23-18(29)13(21)8-26)17(28)25-16(9-27)19(30)24-15(20(31)32)6-11-7-22-14-5-3-2-4-12(11)14/h2-5,7,10,13,15-16,22,26-27H,6,8-9,21H2,1H3,(H,23,29)(H,24,30)(H,25,28)(H,31,32). The predicted molar refractivity (Wildman–Crippen MR) is 113 cm³/mol. The van der Waals surface area contributed by atoms with Gasteiger partial charge in [-0.3, -0.25) is 14.4 Å². The van der Waals surface area contributed by atoms with Crippen LogP contribution in [0.3, 0.4) is 0 Å². The Morgan fingerprint density at radius 2 is 1.62 bits per heavy atom. The maximum atomic E-state index is 12.5. The minimum atomic E-state index is -1.45. The summed E-state index contributed by atoms with van der Waals surface area (Å²) in [4.78, 5) is 51.2. The fourth-order valence-electron chi connectivity index (χ4n) is 2.95. The number of hydrogen-bond donors (Lipinski definition) is 8. The Balaban J connectivity index is 2.02. The first-order valence-corrected chi connectivity index (χ1v) is 9.84. The quantitative estimate of drug-likeness (QED) is 0.185. The van der Waals surface area contributed by atoms with Gasteiger partial charge in [0.1, 0.15) is 24.2 Å². The first-order chi connectivity index (χ1) is 15.2. The first kappa shape index (κ1) is 24.8. The fourth-order valence-corrected chi connectivity index (χ4v) is 2.95. The third-order valence-electron chi connectivity index (χ3n) is 4.81. The van der Waals surface area contributed by atoms with Crippen molar-refractivity contribution in [1.29, 1.82) is 0 Å². The number of amides is 3. The van der Waals surface area contributed by atoms with E-state index in [1.807, 2.05) is 18.2 Å². The van der Waals surface area contributed by atoms with Crippen LogP contribution in [0.4, 0.5) is 0 Å². The molecular weight excluding hydrogens is 422 g/mol. The van der Waals surface area contributed by atoms with Crippen molar-refractivity contribution in [3.8, 4) is 0 Å². The largest absolute Gasteiger partial charge is 0.480 e. The molecule has 0 aliphatic carbocycles. The van der Waals surface area contributed by atoms with E-state index in [4.69, 9.17) is 10.8 Å². The van der Waals surface area contributed by atoms with Crippen molar-refractivity contribution in [2.75, 3.05) is 13.2 Å². The Morgan fingerprint density at radius 3 is 2.25 bits per heavy atom. The average Bonchev–Trinajstić information content (AvgIpc) is 3.18. The van der Waals surface area contributed by atoms with Crippen LogP contribution in [0.15, 0.2) is 30.5 Å². The van der Waals surface area contributed by atoms with E-state index in [9.17, 15) is 29.4 Å².